The molecule has 2 aromatic rings. The number of benzene rings is 2. The van der Waals surface area contributed by atoms with Crippen molar-refractivity contribution in [3.05, 3.63) is 57.6 Å². The fourth-order valence-corrected chi connectivity index (χ4v) is 2.98. The van der Waals surface area contributed by atoms with Crippen molar-refractivity contribution in [3.63, 3.8) is 0 Å². The lowest BCUT2D eigenvalue weighted by Crippen LogP contribution is -2.41. The number of anilines is 1. The first kappa shape index (κ1) is 22.4. The predicted molar refractivity (Wildman–Crippen MR) is 115 cm³/mol. The number of hydrazine groups is 1. The first-order chi connectivity index (χ1) is 13.8. The van der Waals surface area contributed by atoms with Gasteiger partial charge in [0.25, 0.3) is 5.91 Å². The fourth-order valence-electron chi connectivity index (χ4n) is 2.49. The monoisotopic (exact) mass is 461 g/mol. The summed E-state index contributed by atoms with van der Waals surface area (Å²) in [6.07, 6.45) is -0.0480. The summed E-state index contributed by atoms with van der Waals surface area (Å²) in [6, 6.07) is 10.6. The second-order valence-corrected chi connectivity index (χ2v) is 7.30. The summed E-state index contributed by atoms with van der Waals surface area (Å²) in [5, 5.41) is 2.80. The highest BCUT2D eigenvalue weighted by Crippen LogP contribution is 2.25. The van der Waals surface area contributed by atoms with Gasteiger partial charge in [-0.3, -0.25) is 25.2 Å². The minimum Gasteiger partial charge on any atom is -0.493 e. The molecule has 0 aliphatic heterocycles. The van der Waals surface area contributed by atoms with Gasteiger partial charge in [0, 0.05) is 24.1 Å². The molecule has 3 N–H and O–H groups in total. The van der Waals surface area contributed by atoms with Crippen molar-refractivity contribution in [3.8, 4) is 5.75 Å². The Morgan fingerprint density at radius 3 is 2.38 bits per heavy atom. The highest BCUT2D eigenvalue weighted by atomic mass is 79.9. The Labute approximate surface area is 178 Å². The number of nitrogens with one attached hydrogen (secondary N) is 3. The number of carbonyl (C=O) groups excluding carboxylic acids is 3. The van der Waals surface area contributed by atoms with Crippen molar-refractivity contribution in [1.82, 2.24) is 10.9 Å². The van der Waals surface area contributed by atoms with E-state index in [1.54, 1.807) is 18.2 Å². The van der Waals surface area contributed by atoms with Gasteiger partial charge in [0.15, 0.2) is 0 Å². The molecule has 2 rings (SSSR count). The van der Waals surface area contributed by atoms with Crippen LogP contribution in [0.15, 0.2) is 40.9 Å². The number of amides is 3. The average molecular weight is 462 g/mol. The van der Waals surface area contributed by atoms with Crippen LogP contribution in [0.2, 0.25) is 0 Å². The largest absolute Gasteiger partial charge is 0.493 e. The number of halogens is 1. The van der Waals surface area contributed by atoms with Crippen LogP contribution < -0.4 is 20.9 Å². The predicted octanol–water partition coefficient (Wildman–Crippen LogP) is 3.64. The van der Waals surface area contributed by atoms with Crippen molar-refractivity contribution in [1.29, 1.82) is 0 Å². The Hall–Kier alpha value is -2.87. The van der Waals surface area contributed by atoms with Gasteiger partial charge in [-0.05, 0) is 72.1 Å². The molecule has 0 unspecified atom stereocenters. The molecule has 3 amide bonds. The van der Waals surface area contributed by atoms with Crippen LogP contribution in [-0.2, 0) is 9.59 Å². The molecule has 0 saturated heterocycles. The highest BCUT2D eigenvalue weighted by Gasteiger charge is 2.12. The van der Waals surface area contributed by atoms with Gasteiger partial charge in [0.1, 0.15) is 5.75 Å². The molecule has 0 fully saturated rings. The van der Waals surface area contributed by atoms with Crippen molar-refractivity contribution >= 4 is 39.3 Å². The summed E-state index contributed by atoms with van der Waals surface area (Å²) in [4.78, 5) is 36.1. The number of rotatable bonds is 7. The summed E-state index contributed by atoms with van der Waals surface area (Å²) in [5.74, 6) is -0.569. The number of aryl methyl sites for hydroxylation is 2. The number of hydrogen-bond donors (Lipinski definition) is 3. The molecule has 0 aliphatic carbocycles. The average Bonchev–Trinajstić information content (AvgIpc) is 2.69. The summed E-state index contributed by atoms with van der Waals surface area (Å²) in [7, 11) is 0. The third-order valence-electron chi connectivity index (χ3n) is 4.06. The third kappa shape index (κ3) is 6.90. The van der Waals surface area contributed by atoms with Crippen molar-refractivity contribution in [2.45, 2.75) is 33.6 Å². The van der Waals surface area contributed by atoms with Crippen LogP contribution in [0.4, 0.5) is 5.69 Å². The minimum absolute atomic E-state index is 0.00366. The van der Waals surface area contributed by atoms with E-state index in [1.165, 1.54) is 0 Å². The Morgan fingerprint density at radius 1 is 0.966 bits per heavy atom. The van der Waals surface area contributed by atoms with E-state index in [-0.39, 0.29) is 18.7 Å². The van der Waals surface area contributed by atoms with Gasteiger partial charge in [-0.2, -0.15) is 0 Å². The molecular formula is C21H24BrN3O4. The molecule has 29 heavy (non-hydrogen) atoms. The van der Waals surface area contributed by atoms with Crippen LogP contribution >= 0.6 is 15.9 Å². The van der Waals surface area contributed by atoms with Gasteiger partial charge >= 0.3 is 0 Å². The third-order valence-corrected chi connectivity index (χ3v) is 4.68. The first-order valence-electron chi connectivity index (χ1n) is 9.18. The molecule has 0 atom stereocenters. The molecule has 2 aromatic carbocycles. The molecule has 0 heterocycles. The molecular weight excluding hydrogens is 438 g/mol. The summed E-state index contributed by atoms with van der Waals surface area (Å²) in [5.41, 5.74) is 7.71. The van der Waals surface area contributed by atoms with E-state index < -0.39 is 11.8 Å². The van der Waals surface area contributed by atoms with Gasteiger partial charge in [-0.1, -0.05) is 12.1 Å². The first-order valence-corrected chi connectivity index (χ1v) is 9.98. The van der Waals surface area contributed by atoms with Crippen molar-refractivity contribution in [2.75, 3.05) is 11.9 Å². The highest BCUT2D eigenvalue weighted by molar-refractivity contribution is 9.10. The molecule has 0 aliphatic rings. The maximum absolute atomic E-state index is 12.2. The second kappa shape index (κ2) is 10.6. The van der Waals surface area contributed by atoms with E-state index >= 15 is 0 Å². The standard InChI is InChI=1S/C21H24BrN3O4/c1-4-29-18-8-7-15(12-16(18)22)21(28)25-24-20(27)10-9-19(26)23-17-11-13(2)5-6-14(17)3/h5-8,11-12H,4,9-10H2,1-3H3,(H,23,26)(H,24,27)(H,25,28). The zero-order valence-electron chi connectivity index (χ0n) is 16.6. The Kier molecular flexibility index (Phi) is 8.21. The van der Waals surface area contributed by atoms with Gasteiger partial charge in [-0.25, -0.2) is 0 Å². The maximum atomic E-state index is 12.2. The normalized spacial score (nSPS) is 10.2. The van der Waals surface area contributed by atoms with E-state index in [0.717, 1.165) is 16.8 Å². The molecule has 0 spiro atoms. The molecule has 0 aromatic heterocycles. The van der Waals surface area contributed by atoms with E-state index in [1.807, 2.05) is 39.0 Å². The molecule has 7 nitrogen and oxygen atoms in total. The lowest BCUT2D eigenvalue weighted by molar-refractivity contribution is -0.124. The smallest absolute Gasteiger partial charge is 0.269 e. The minimum atomic E-state index is -0.470. The molecule has 0 bridgehead atoms. The SMILES string of the molecule is CCOc1ccc(C(=O)NNC(=O)CCC(=O)Nc2cc(C)ccc2C)cc1Br. The van der Waals surface area contributed by atoms with Crippen LogP contribution in [0.1, 0.15) is 41.3 Å². The molecule has 8 heteroatoms. The number of carbonyl (C=O) groups is 3. The van der Waals surface area contributed by atoms with E-state index in [0.29, 0.717) is 22.4 Å². The Balaban J connectivity index is 1.79. The zero-order valence-corrected chi connectivity index (χ0v) is 18.2. The fraction of sp³-hybridized carbons (Fsp3) is 0.286. The number of hydrogen-bond acceptors (Lipinski definition) is 4. The summed E-state index contributed by atoms with van der Waals surface area (Å²) < 4.78 is 6.03. The van der Waals surface area contributed by atoms with Gasteiger partial charge in [0.2, 0.25) is 11.8 Å². The summed E-state index contributed by atoms with van der Waals surface area (Å²) in [6.45, 7) is 6.22. The quantitative estimate of drug-likeness (QED) is 0.548. The maximum Gasteiger partial charge on any atom is 0.269 e. The Morgan fingerprint density at radius 2 is 1.69 bits per heavy atom. The van der Waals surface area contributed by atoms with Crippen LogP contribution in [0.3, 0.4) is 0 Å². The summed E-state index contributed by atoms with van der Waals surface area (Å²) >= 11 is 3.34. The van der Waals surface area contributed by atoms with Crippen LogP contribution in [-0.4, -0.2) is 24.3 Å². The van der Waals surface area contributed by atoms with E-state index in [4.69, 9.17) is 4.74 Å². The number of ether oxygens (including phenoxy) is 1. The molecule has 0 saturated carbocycles. The molecule has 154 valence electrons. The second-order valence-electron chi connectivity index (χ2n) is 6.45. The van der Waals surface area contributed by atoms with Crippen LogP contribution in [0, 0.1) is 13.8 Å². The van der Waals surface area contributed by atoms with Gasteiger partial charge in [0.05, 0.1) is 11.1 Å². The zero-order chi connectivity index (χ0) is 21.4. The lowest BCUT2D eigenvalue weighted by Gasteiger charge is -2.11. The van der Waals surface area contributed by atoms with E-state index in [2.05, 4.69) is 32.1 Å². The van der Waals surface area contributed by atoms with E-state index in [9.17, 15) is 14.4 Å². The topological polar surface area (TPSA) is 96.5 Å². The van der Waals surface area contributed by atoms with Crippen molar-refractivity contribution < 1.29 is 19.1 Å². The molecule has 0 radical (unpaired) electrons. The van der Waals surface area contributed by atoms with Gasteiger partial charge in [-0.15, -0.1) is 0 Å². The Bertz CT molecular complexity index is 915. The lowest BCUT2D eigenvalue weighted by atomic mass is 10.1. The van der Waals surface area contributed by atoms with Gasteiger partial charge < -0.3 is 10.1 Å². The van der Waals surface area contributed by atoms with Crippen molar-refractivity contribution in [2.24, 2.45) is 0 Å². The van der Waals surface area contributed by atoms with Crippen LogP contribution in [0.25, 0.3) is 0 Å². The van der Waals surface area contributed by atoms with Crippen LogP contribution in [0.5, 0.6) is 5.75 Å².